The molecule has 0 amide bonds. The number of hydrogen-bond donors (Lipinski definition) is 1. The summed E-state index contributed by atoms with van der Waals surface area (Å²) in [7, 11) is 0. The lowest BCUT2D eigenvalue weighted by molar-refractivity contribution is 0.259. The molecule has 0 bridgehead atoms. The van der Waals surface area contributed by atoms with Crippen LogP contribution in [0.5, 0.6) is 0 Å². The lowest BCUT2D eigenvalue weighted by Gasteiger charge is -2.35. The molecular weight excluding hydrogens is 558 g/mol. The maximum Gasteiger partial charge on any atom is 0.439 e. The van der Waals surface area contributed by atoms with Crippen molar-refractivity contribution in [2.75, 3.05) is 6.54 Å². The number of piperidine rings is 1. The number of thiocarbonyl (C=S) groups is 1. The van der Waals surface area contributed by atoms with Crippen molar-refractivity contribution in [1.82, 2.24) is 24.6 Å². The number of nitrogens with one attached hydrogen (secondary N) is 1. The summed E-state index contributed by atoms with van der Waals surface area (Å²) in [6.07, 6.45) is 9.01. The third-order valence-electron chi connectivity index (χ3n) is 8.77. The van der Waals surface area contributed by atoms with E-state index in [0.717, 1.165) is 95.8 Å². The van der Waals surface area contributed by atoms with Crippen LogP contribution in [0.15, 0.2) is 62.6 Å². The van der Waals surface area contributed by atoms with Crippen molar-refractivity contribution in [3.05, 3.63) is 92.1 Å². The molecule has 3 heterocycles. The quantitative estimate of drug-likeness (QED) is 0.215. The molecule has 43 heavy (non-hydrogen) atoms. The van der Waals surface area contributed by atoms with Crippen LogP contribution in [-0.4, -0.2) is 42.2 Å². The van der Waals surface area contributed by atoms with E-state index in [1.54, 1.807) is 0 Å². The Morgan fingerprint density at radius 3 is 2.49 bits per heavy atom. The molecule has 1 aliphatic carbocycles. The van der Waals surface area contributed by atoms with Crippen molar-refractivity contribution in [3.8, 4) is 22.5 Å². The predicted octanol–water partition coefficient (Wildman–Crippen LogP) is 6.27. The Balaban J connectivity index is 1.32. The van der Waals surface area contributed by atoms with Gasteiger partial charge in [0.05, 0.1) is 17.2 Å². The summed E-state index contributed by atoms with van der Waals surface area (Å²) in [5.41, 5.74) is 5.54. The summed E-state index contributed by atoms with van der Waals surface area (Å²) in [6.45, 7) is 5.83. The smallest absolute Gasteiger partial charge is 0.363 e. The molecule has 0 radical (unpaired) electrons. The second-order valence-electron chi connectivity index (χ2n) is 12.0. The molecule has 224 valence electrons. The number of unbranched alkanes of at least 4 members (excludes halogenated alkanes) is 1. The number of benzene rings is 2. The molecule has 2 fully saturated rings. The van der Waals surface area contributed by atoms with Crippen molar-refractivity contribution in [2.45, 2.75) is 90.1 Å². The number of aryl methyl sites for hydroxylation is 1. The first-order valence-electron chi connectivity index (χ1n) is 15.6. The second-order valence-corrected chi connectivity index (χ2v) is 12.4. The van der Waals surface area contributed by atoms with Gasteiger partial charge in [0.2, 0.25) is 0 Å². The van der Waals surface area contributed by atoms with Gasteiger partial charge in [0.1, 0.15) is 5.82 Å². The summed E-state index contributed by atoms with van der Waals surface area (Å²) in [5.74, 6) is 1.05. The molecule has 2 aromatic heterocycles. The molecule has 1 saturated carbocycles. The molecule has 1 N–H and O–H groups in total. The van der Waals surface area contributed by atoms with Crippen molar-refractivity contribution in [2.24, 2.45) is 0 Å². The van der Waals surface area contributed by atoms with E-state index in [9.17, 15) is 9.59 Å². The Labute approximate surface area is 257 Å². The minimum atomic E-state index is -0.587. The lowest BCUT2D eigenvalue weighted by Crippen LogP contribution is -2.43. The Morgan fingerprint density at radius 2 is 1.81 bits per heavy atom. The normalized spacial score (nSPS) is 16.9. The fraction of sp³-hybridized carbons (Fsp3) is 0.441. The van der Waals surface area contributed by atoms with Gasteiger partial charge in [0, 0.05) is 42.5 Å². The highest BCUT2D eigenvalue weighted by atomic mass is 32.1. The highest BCUT2D eigenvalue weighted by molar-refractivity contribution is 7.80. The topological polar surface area (TPSA) is 97.0 Å². The molecule has 4 aromatic rings. The van der Waals surface area contributed by atoms with Gasteiger partial charge < -0.3 is 4.90 Å². The van der Waals surface area contributed by atoms with E-state index < -0.39 is 5.76 Å². The maximum atomic E-state index is 14.3. The molecule has 0 spiro atoms. The highest BCUT2D eigenvalue weighted by Crippen LogP contribution is 2.40. The fourth-order valence-corrected chi connectivity index (χ4v) is 6.60. The number of likely N-dealkylation sites (tertiary alicyclic amines) is 1. The standard InChI is InChI=1S/C34H39N5O3S/c1-3-4-12-29-35-31(25-17-18-25)28(20-30(43)38-19-8-7-9-22(38)2)33(40)39(29)21-23-13-15-24(16-14-23)26-10-5-6-11-27(26)32-36-34(41)42-37-32/h5-6,10-11,13-16,22,25H,3-4,7-9,12,17-21H2,1-2H3,(H,36,37,41). The lowest BCUT2D eigenvalue weighted by atomic mass is 9.98. The SMILES string of the molecule is CCCCc1nc(C2CC2)c(CC(=S)N2CCCCC2C)c(=O)n1Cc1ccc(-c2ccccc2-c2noc(=O)[nH]2)cc1. The Kier molecular flexibility index (Phi) is 8.70. The van der Waals surface area contributed by atoms with Crippen LogP contribution in [-0.2, 0) is 19.4 Å². The molecular formula is C34H39N5O3S. The van der Waals surface area contributed by atoms with Crippen LogP contribution in [0.2, 0.25) is 0 Å². The van der Waals surface area contributed by atoms with Crippen LogP contribution in [0, 0.1) is 0 Å². The van der Waals surface area contributed by atoms with E-state index in [4.69, 9.17) is 21.7 Å². The zero-order valence-electron chi connectivity index (χ0n) is 25.0. The van der Waals surface area contributed by atoms with Gasteiger partial charge in [-0.05, 0) is 62.1 Å². The third-order valence-corrected chi connectivity index (χ3v) is 9.15. The zero-order valence-corrected chi connectivity index (χ0v) is 25.8. The van der Waals surface area contributed by atoms with Crippen molar-refractivity contribution in [1.29, 1.82) is 0 Å². The number of nitrogens with zero attached hydrogens (tertiary/aromatic N) is 4. The van der Waals surface area contributed by atoms with Crippen LogP contribution in [0.1, 0.15) is 87.4 Å². The van der Waals surface area contributed by atoms with Crippen LogP contribution < -0.4 is 11.3 Å². The van der Waals surface area contributed by atoms with Crippen molar-refractivity contribution in [3.63, 3.8) is 0 Å². The Morgan fingerprint density at radius 1 is 1.05 bits per heavy atom. The number of H-pyrrole nitrogens is 1. The number of rotatable bonds is 10. The molecule has 1 unspecified atom stereocenters. The average Bonchev–Trinajstić information content (AvgIpc) is 3.78. The van der Waals surface area contributed by atoms with E-state index in [2.05, 4.69) is 41.0 Å². The van der Waals surface area contributed by atoms with Gasteiger partial charge >= 0.3 is 5.76 Å². The summed E-state index contributed by atoms with van der Waals surface area (Å²) < 4.78 is 6.63. The first-order valence-corrected chi connectivity index (χ1v) is 16.0. The van der Waals surface area contributed by atoms with Crippen LogP contribution in [0.25, 0.3) is 22.5 Å². The summed E-state index contributed by atoms with van der Waals surface area (Å²) in [6, 6.07) is 16.4. The van der Waals surface area contributed by atoms with Gasteiger partial charge in [-0.25, -0.2) is 9.78 Å². The van der Waals surface area contributed by atoms with Gasteiger partial charge in [-0.15, -0.1) is 0 Å². The first-order chi connectivity index (χ1) is 20.9. The van der Waals surface area contributed by atoms with Gasteiger partial charge in [-0.1, -0.05) is 79.3 Å². The minimum absolute atomic E-state index is 0.0550. The van der Waals surface area contributed by atoms with E-state index in [1.165, 1.54) is 6.42 Å². The van der Waals surface area contributed by atoms with Gasteiger partial charge in [0.25, 0.3) is 5.56 Å². The third kappa shape index (κ3) is 6.42. The van der Waals surface area contributed by atoms with E-state index >= 15 is 0 Å². The van der Waals surface area contributed by atoms with Crippen molar-refractivity contribution < 1.29 is 4.52 Å². The van der Waals surface area contributed by atoms with Crippen LogP contribution in [0.3, 0.4) is 0 Å². The number of aromatic amines is 1. The van der Waals surface area contributed by atoms with E-state index in [-0.39, 0.29) is 5.56 Å². The number of hydrogen-bond acceptors (Lipinski definition) is 6. The molecule has 9 heteroatoms. The zero-order chi connectivity index (χ0) is 29.9. The first kappa shape index (κ1) is 29.2. The summed E-state index contributed by atoms with van der Waals surface area (Å²) >= 11 is 5.96. The maximum absolute atomic E-state index is 14.3. The highest BCUT2D eigenvalue weighted by Gasteiger charge is 2.32. The fourth-order valence-electron chi connectivity index (χ4n) is 6.19. The average molecular weight is 598 g/mol. The van der Waals surface area contributed by atoms with Crippen molar-refractivity contribution >= 4 is 17.2 Å². The summed E-state index contributed by atoms with van der Waals surface area (Å²) in [4.78, 5) is 36.9. The Hall–Kier alpha value is -3.85. The number of aromatic nitrogens is 4. The summed E-state index contributed by atoms with van der Waals surface area (Å²) in [5, 5.41) is 3.88. The largest absolute Gasteiger partial charge is 0.439 e. The minimum Gasteiger partial charge on any atom is -0.363 e. The molecule has 2 aromatic carbocycles. The molecule has 1 atom stereocenters. The van der Waals surface area contributed by atoms with Gasteiger partial charge in [0.15, 0.2) is 5.82 Å². The molecule has 2 aliphatic rings. The monoisotopic (exact) mass is 597 g/mol. The van der Waals surface area contributed by atoms with Gasteiger partial charge in [-0.3, -0.25) is 18.9 Å². The van der Waals surface area contributed by atoms with Gasteiger partial charge in [-0.2, -0.15) is 0 Å². The predicted molar refractivity (Wildman–Crippen MR) is 173 cm³/mol. The molecule has 1 saturated heterocycles. The molecule has 8 nitrogen and oxygen atoms in total. The molecule has 6 rings (SSSR count). The van der Waals surface area contributed by atoms with Crippen LogP contribution >= 0.6 is 12.2 Å². The van der Waals surface area contributed by atoms with E-state index in [1.807, 2.05) is 41.0 Å². The van der Waals surface area contributed by atoms with Crippen LogP contribution in [0.4, 0.5) is 0 Å². The second kappa shape index (κ2) is 12.8. The Bertz CT molecular complexity index is 1720. The molecule has 1 aliphatic heterocycles. The van der Waals surface area contributed by atoms with E-state index in [0.29, 0.717) is 30.7 Å².